The number of nitrogens with zero attached hydrogens (tertiary/aromatic N) is 2. The molecule has 2 aromatic carbocycles. The van der Waals surface area contributed by atoms with Gasteiger partial charge in [-0.1, -0.05) is 12.1 Å². The topological polar surface area (TPSA) is 91.8 Å². The summed E-state index contributed by atoms with van der Waals surface area (Å²) in [6.45, 7) is 1.31. The number of methoxy groups -OCH3 is 1. The fourth-order valence-corrected chi connectivity index (χ4v) is 4.09. The minimum atomic E-state index is -0.294. The Bertz CT molecular complexity index is 1130. The minimum absolute atomic E-state index is 0.0855. The van der Waals surface area contributed by atoms with Crippen molar-refractivity contribution in [3.05, 3.63) is 78.0 Å². The number of hydrogen-bond donors (Lipinski definition) is 2. The van der Waals surface area contributed by atoms with Crippen LogP contribution in [0.4, 0.5) is 5.69 Å². The van der Waals surface area contributed by atoms with Crippen LogP contribution >= 0.6 is 0 Å². The van der Waals surface area contributed by atoms with Gasteiger partial charge in [0.05, 0.1) is 12.8 Å². The standard InChI is InChI=1S/C26H27N3O4/c1-33-24-11-10-19(15-22(24)23-9-2-3-12-27-23)25(31)28-21-8-4-7-20(14-21)26(32)29-13-5-6-18(16-29)17-30/h2-4,7-12,14-15,18,30H,5-6,13,16-17H2,1H3,(H,28,31). The number of likely N-dealkylation sites (tertiary alicyclic amines) is 1. The molecule has 1 fully saturated rings. The van der Waals surface area contributed by atoms with Crippen LogP contribution in [-0.4, -0.2) is 53.6 Å². The van der Waals surface area contributed by atoms with E-state index in [1.807, 2.05) is 18.2 Å². The lowest BCUT2D eigenvalue weighted by molar-refractivity contribution is 0.0620. The van der Waals surface area contributed by atoms with Crippen molar-refractivity contribution >= 4 is 17.5 Å². The number of benzene rings is 2. The van der Waals surface area contributed by atoms with Crippen molar-refractivity contribution < 1.29 is 19.4 Å². The third kappa shape index (κ3) is 5.21. The SMILES string of the molecule is COc1ccc(C(=O)Nc2cccc(C(=O)N3CCCC(CO)C3)c2)cc1-c1ccccn1. The van der Waals surface area contributed by atoms with Crippen molar-refractivity contribution in [1.29, 1.82) is 0 Å². The highest BCUT2D eigenvalue weighted by atomic mass is 16.5. The fraction of sp³-hybridized carbons (Fsp3) is 0.269. The maximum atomic E-state index is 13.0. The van der Waals surface area contributed by atoms with E-state index in [1.54, 1.807) is 60.7 Å². The summed E-state index contributed by atoms with van der Waals surface area (Å²) >= 11 is 0. The molecule has 7 heteroatoms. The molecule has 1 aliphatic heterocycles. The number of nitrogens with one attached hydrogen (secondary N) is 1. The second-order valence-corrected chi connectivity index (χ2v) is 8.11. The van der Waals surface area contributed by atoms with Gasteiger partial charge in [-0.15, -0.1) is 0 Å². The van der Waals surface area contributed by atoms with Crippen LogP contribution in [0.1, 0.15) is 33.6 Å². The van der Waals surface area contributed by atoms with Crippen molar-refractivity contribution in [2.75, 3.05) is 32.1 Å². The molecule has 2 amide bonds. The Kier molecular flexibility index (Phi) is 7.00. The van der Waals surface area contributed by atoms with Crippen LogP contribution < -0.4 is 10.1 Å². The molecule has 1 unspecified atom stereocenters. The zero-order valence-corrected chi connectivity index (χ0v) is 18.5. The molecular formula is C26H27N3O4. The number of amides is 2. The number of aliphatic hydroxyl groups is 1. The number of aromatic nitrogens is 1. The molecule has 1 aromatic heterocycles. The molecule has 1 saturated heterocycles. The summed E-state index contributed by atoms with van der Waals surface area (Å²) in [5.74, 6) is 0.360. The molecule has 0 spiro atoms. The predicted molar refractivity (Wildman–Crippen MR) is 126 cm³/mol. The van der Waals surface area contributed by atoms with Gasteiger partial charge >= 0.3 is 0 Å². The molecule has 1 aliphatic rings. The van der Waals surface area contributed by atoms with Crippen LogP contribution in [-0.2, 0) is 0 Å². The van der Waals surface area contributed by atoms with Crippen LogP contribution in [0.2, 0.25) is 0 Å². The molecule has 2 heterocycles. The van der Waals surface area contributed by atoms with Gasteiger partial charge in [0.1, 0.15) is 5.75 Å². The van der Waals surface area contributed by atoms with Gasteiger partial charge in [0.25, 0.3) is 11.8 Å². The van der Waals surface area contributed by atoms with E-state index in [0.29, 0.717) is 41.3 Å². The van der Waals surface area contributed by atoms with Crippen molar-refractivity contribution in [3.63, 3.8) is 0 Å². The third-order valence-electron chi connectivity index (χ3n) is 5.83. The zero-order chi connectivity index (χ0) is 23.2. The number of ether oxygens (including phenoxy) is 1. The summed E-state index contributed by atoms with van der Waals surface area (Å²) in [5, 5.41) is 12.3. The van der Waals surface area contributed by atoms with E-state index in [2.05, 4.69) is 10.3 Å². The molecule has 2 N–H and O–H groups in total. The molecular weight excluding hydrogens is 418 g/mol. The highest BCUT2D eigenvalue weighted by Gasteiger charge is 2.24. The summed E-state index contributed by atoms with van der Waals surface area (Å²) < 4.78 is 5.44. The predicted octanol–water partition coefficient (Wildman–Crippen LogP) is 3.85. The Morgan fingerprint density at radius 1 is 1.12 bits per heavy atom. The van der Waals surface area contributed by atoms with Gasteiger partial charge in [0, 0.05) is 48.3 Å². The van der Waals surface area contributed by atoms with Crippen molar-refractivity contribution in [1.82, 2.24) is 9.88 Å². The molecule has 0 aliphatic carbocycles. The third-order valence-corrected chi connectivity index (χ3v) is 5.83. The molecule has 33 heavy (non-hydrogen) atoms. The van der Waals surface area contributed by atoms with Crippen LogP contribution in [0.3, 0.4) is 0 Å². The Labute approximate surface area is 193 Å². The van der Waals surface area contributed by atoms with E-state index in [1.165, 1.54) is 0 Å². The normalized spacial score (nSPS) is 15.7. The van der Waals surface area contributed by atoms with Crippen LogP contribution in [0.15, 0.2) is 66.9 Å². The number of aliphatic hydroxyl groups excluding tert-OH is 1. The number of pyridine rings is 1. The van der Waals surface area contributed by atoms with E-state index >= 15 is 0 Å². The molecule has 170 valence electrons. The molecule has 0 bridgehead atoms. The van der Waals surface area contributed by atoms with Gasteiger partial charge in [-0.3, -0.25) is 14.6 Å². The number of piperidine rings is 1. The van der Waals surface area contributed by atoms with Crippen LogP contribution in [0.25, 0.3) is 11.3 Å². The maximum absolute atomic E-state index is 13.0. The van der Waals surface area contributed by atoms with E-state index < -0.39 is 0 Å². The Balaban J connectivity index is 1.52. The molecule has 0 saturated carbocycles. The van der Waals surface area contributed by atoms with Crippen molar-refractivity contribution in [2.45, 2.75) is 12.8 Å². The van der Waals surface area contributed by atoms with E-state index in [0.717, 1.165) is 18.4 Å². The quantitative estimate of drug-likeness (QED) is 0.601. The number of hydrogen-bond acceptors (Lipinski definition) is 5. The van der Waals surface area contributed by atoms with Gasteiger partial charge in [-0.2, -0.15) is 0 Å². The van der Waals surface area contributed by atoms with E-state index in [4.69, 9.17) is 4.74 Å². The van der Waals surface area contributed by atoms with Crippen LogP contribution in [0.5, 0.6) is 5.75 Å². The fourth-order valence-electron chi connectivity index (χ4n) is 4.09. The minimum Gasteiger partial charge on any atom is -0.496 e. The Morgan fingerprint density at radius 2 is 2.00 bits per heavy atom. The number of rotatable bonds is 6. The lowest BCUT2D eigenvalue weighted by atomic mass is 9.98. The van der Waals surface area contributed by atoms with Gasteiger partial charge in [0.2, 0.25) is 0 Å². The van der Waals surface area contributed by atoms with Gasteiger partial charge in [-0.25, -0.2) is 0 Å². The first-order valence-corrected chi connectivity index (χ1v) is 11.0. The summed E-state index contributed by atoms with van der Waals surface area (Å²) in [6.07, 6.45) is 3.50. The first kappa shape index (κ1) is 22.5. The van der Waals surface area contributed by atoms with Crippen LogP contribution in [0, 0.1) is 5.92 Å². The van der Waals surface area contributed by atoms with Gasteiger partial charge < -0.3 is 20.1 Å². The van der Waals surface area contributed by atoms with Gasteiger partial charge in [0.15, 0.2) is 0 Å². The second kappa shape index (κ2) is 10.3. The summed E-state index contributed by atoms with van der Waals surface area (Å²) in [7, 11) is 1.58. The number of carbonyl (C=O) groups excluding carboxylic acids is 2. The Morgan fingerprint density at radius 3 is 2.76 bits per heavy atom. The smallest absolute Gasteiger partial charge is 0.255 e. The molecule has 1 atom stereocenters. The number of anilines is 1. The first-order valence-electron chi connectivity index (χ1n) is 11.0. The largest absolute Gasteiger partial charge is 0.496 e. The first-order chi connectivity index (χ1) is 16.1. The highest BCUT2D eigenvalue weighted by Crippen LogP contribution is 2.30. The van der Waals surface area contributed by atoms with Crippen molar-refractivity contribution in [3.8, 4) is 17.0 Å². The molecule has 0 radical (unpaired) electrons. The van der Waals surface area contributed by atoms with E-state index in [9.17, 15) is 14.7 Å². The average molecular weight is 446 g/mol. The zero-order valence-electron chi connectivity index (χ0n) is 18.5. The summed E-state index contributed by atoms with van der Waals surface area (Å²) in [6, 6.07) is 17.7. The Hall–Kier alpha value is -3.71. The molecule has 7 nitrogen and oxygen atoms in total. The molecule has 4 rings (SSSR count). The summed E-state index contributed by atoms with van der Waals surface area (Å²) in [4.78, 5) is 32.0. The maximum Gasteiger partial charge on any atom is 0.255 e. The lowest BCUT2D eigenvalue weighted by Crippen LogP contribution is -2.40. The van der Waals surface area contributed by atoms with Gasteiger partial charge in [-0.05, 0) is 67.3 Å². The van der Waals surface area contributed by atoms with Crippen molar-refractivity contribution in [2.24, 2.45) is 5.92 Å². The van der Waals surface area contributed by atoms with E-state index in [-0.39, 0.29) is 24.3 Å². The summed E-state index contributed by atoms with van der Waals surface area (Å²) in [5.41, 5.74) is 2.93. The molecule has 3 aromatic rings. The lowest BCUT2D eigenvalue weighted by Gasteiger charge is -2.32. The highest BCUT2D eigenvalue weighted by molar-refractivity contribution is 6.06. The average Bonchev–Trinajstić information content (AvgIpc) is 2.88. The number of carbonyl (C=O) groups is 2. The monoisotopic (exact) mass is 445 g/mol. The second-order valence-electron chi connectivity index (χ2n) is 8.11.